The maximum Gasteiger partial charge on any atom is 0.326 e. The third-order valence-electron chi connectivity index (χ3n) is 2.11. The van der Waals surface area contributed by atoms with E-state index < -0.39 is 12.0 Å². The molecule has 0 amide bonds. The normalized spacial score (nSPS) is 12.1. The minimum atomic E-state index is -0.833. The van der Waals surface area contributed by atoms with E-state index in [0.717, 1.165) is 12.0 Å². The number of nitrogens with one attached hydrogen (secondary N) is 1. The van der Waals surface area contributed by atoms with Crippen LogP contribution in [0.25, 0.3) is 0 Å². The number of carboxylic acid groups (broad SMARTS) is 1. The standard InChI is InChI=1S/C11H16N2O2/c1-3-4-9(11(14)15)13-10-7-8(2)5-6-12-10/h5-7,9H,3-4H2,1-2H3,(H,12,13)(H,14,15). The van der Waals surface area contributed by atoms with Crippen LogP contribution in [0.5, 0.6) is 0 Å². The Morgan fingerprint density at radius 3 is 2.93 bits per heavy atom. The van der Waals surface area contributed by atoms with E-state index in [1.54, 1.807) is 6.20 Å². The van der Waals surface area contributed by atoms with Crippen LogP contribution in [0, 0.1) is 6.92 Å². The van der Waals surface area contributed by atoms with Crippen molar-refractivity contribution in [2.24, 2.45) is 0 Å². The molecule has 1 aromatic rings. The molecular formula is C11H16N2O2. The van der Waals surface area contributed by atoms with E-state index >= 15 is 0 Å². The van der Waals surface area contributed by atoms with Crippen molar-refractivity contribution in [2.45, 2.75) is 32.7 Å². The number of rotatable bonds is 5. The number of aryl methyl sites for hydroxylation is 1. The van der Waals surface area contributed by atoms with E-state index in [-0.39, 0.29) is 0 Å². The average Bonchev–Trinajstić information content (AvgIpc) is 2.17. The molecule has 4 heteroatoms. The molecule has 82 valence electrons. The fraction of sp³-hybridized carbons (Fsp3) is 0.455. The minimum absolute atomic E-state index is 0.552. The van der Waals surface area contributed by atoms with Crippen LogP contribution in [0.4, 0.5) is 5.82 Å². The first-order valence-electron chi connectivity index (χ1n) is 5.05. The van der Waals surface area contributed by atoms with Gasteiger partial charge in [0.1, 0.15) is 11.9 Å². The van der Waals surface area contributed by atoms with Gasteiger partial charge in [0.15, 0.2) is 0 Å². The van der Waals surface area contributed by atoms with E-state index in [4.69, 9.17) is 5.11 Å². The molecule has 0 saturated heterocycles. The van der Waals surface area contributed by atoms with Gasteiger partial charge in [-0.05, 0) is 31.0 Å². The minimum Gasteiger partial charge on any atom is -0.480 e. The summed E-state index contributed by atoms with van der Waals surface area (Å²) in [5.41, 5.74) is 1.06. The van der Waals surface area contributed by atoms with Gasteiger partial charge in [-0.2, -0.15) is 0 Å². The van der Waals surface area contributed by atoms with Crippen molar-refractivity contribution in [3.05, 3.63) is 23.9 Å². The maximum atomic E-state index is 10.9. The van der Waals surface area contributed by atoms with Gasteiger partial charge >= 0.3 is 5.97 Å². The average molecular weight is 208 g/mol. The molecule has 1 unspecified atom stereocenters. The number of hydrogen-bond acceptors (Lipinski definition) is 3. The van der Waals surface area contributed by atoms with Crippen molar-refractivity contribution in [1.29, 1.82) is 0 Å². The summed E-state index contributed by atoms with van der Waals surface area (Å²) in [5, 5.41) is 11.9. The van der Waals surface area contributed by atoms with Crippen LogP contribution in [0.2, 0.25) is 0 Å². The summed E-state index contributed by atoms with van der Waals surface area (Å²) in [6.45, 7) is 3.91. The highest BCUT2D eigenvalue weighted by Crippen LogP contribution is 2.09. The molecule has 1 atom stereocenters. The molecule has 1 rings (SSSR count). The topological polar surface area (TPSA) is 62.2 Å². The van der Waals surface area contributed by atoms with E-state index in [2.05, 4.69) is 10.3 Å². The molecule has 0 bridgehead atoms. The first kappa shape index (κ1) is 11.5. The highest BCUT2D eigenvalue weighted by Gasteiger charge is 2.15. The van der Waals surface area contributed by atoms with Crippen LogP contribution in [-0.2, 0) is 4.79 Å². The van der Waals surface area contributed by atoms with Gasteiger partial charge in [0.05, 0.1) is 0 Å². The highest BCUT2D eigenvalue weighted by molar-refractivity contribution is 5.76. The number of carbonyl (C=O) groups is 1. The van der Waals surface area contributed by atoms with E-state index in [0.29, 0.717) is 12.2 Å². The van der Waals surface area contributed by atoms with Crippen LogP contribution in [0.15, 0.2) is 18.3 Å². The molecule has 15 heavy (non-hydrogen) atoms. The zero-order valence-corrected chi connectivity index (χ0v) is 9.03. The Morgan fingerprint density at radius 1 is 1.67 bits per heavy atom. The molecule has 4 nitrogen and oxygen atoms in total. The van der Waals surface area contributed by atoms with E-state index in [9.17, 15) is 4.79 Å². The number of carboxylic acids is 1. The monoisotopic (exact) mass is 208 g/mol. The second kappa shape index (κ2) is 5.34. The molecule has 2 N–H and O–H groups in total. The van der Waals surface area contributed by atoms with Gasteiger partial charge in [-0.3, -0.25) is 0 Å². The van der Waals surface area contributed by atoms with Crippen molar-refractivity contribution in [1.82, 2.24) is 4.98 Å². The predicted molar refractivity (Wildman–Crippen MR) is 58.9 cm³/mol. The molecule has 0 aromatic carbocycles. The molecule has 1 heterocycles. The fourth-order valence-corrected chi connectivity index (χ4v) is 1.34. The van der Waals surface area contributed by atoms with Crippen LogP contribution in [0.3, 0.4) is 0 Å². The zero-order chi connectivity index (χ0) is 11.3. The molecule has 1 aromatic heterocycles. The number of pyridine rings is 1. The van der Waals surface area contributed by atoms with Crippen LogP contribution in [0.1, 0.15) is 25.3 Å². The molecule has 0 aliphatic carbocycles. The summed E-state index contributed by atoms with van der Waals surface area (Å²) in [5.74, 6) is -0.212. The predicted octanol–water partition coefficient (Wildman–Crippen LogP) is 2.06. The van der Waals surface area contributed by atoms with Crippen molar-refractivity contribution < 1.29 is 9.90 Å². The summed E-state index contributed by atoms with van der Waals surface area (Å²) < 4.78 is 0. The van der Waals surface area contributed by atoms with Crippen LogP contribution in [-0.4, -0.2) is 22.1 Å². The second-order valence-electron chi connectivity index (χ2n) is 3.54. The Balaban J connectivity index is 2.69. The largest absolute Gasteiger partial charge is 0.480 e. The van der Waals surface area contributed by atoms with Crippen molar-refractivity contribution in [3.63, 3.8) is 0 Å². The Hall–Kier alpha value is -1.58. The summed E-state index contributed by atoms with van der Waals surface area (Å²) in [4.78, 5) is 15.0. The SMILES string of the molecule is CCCC(Nc1cc(C)ccn1)C(=O)O. The lowest BCUT2D eigenvalue weighted by molar-refractivity contribution is -0.138. The highest BCUT2D eigenvalue weighted by atomic mass is 16.4. The van der Waals surface area contributed by atoms with Gasteiger partial charge in [0, 0.05) is 6.20 Å². The number of anilines is 1. The summed E-state index contributed by atoms with van der Waals surface area (Å²) >= 11 is 0. The van der Waals surface area contributed by atoms with Gasteiger partial charge in [-0.25, -0.2) is 9.78 Å². The van der Waals surface area contributed by atoms with Gasteiger partial charge in [-0.15, -0.1) is 0 Å². The first-order valence-corrected chi connectivity index (χ1v) is 5.05. The first-order chi connectivity index (χ1) is 7.13. The fourth-order valence-electron chi connectivity index (χ4n) is 1.34. The summed E-state index contributed by atoms with van der Waals surface area (Å²) in [6.07, 6.45) is 3.10. The third kappa shape index (κ3) is 3.58. The van der Waals surface area contributed by atoms with Gasteiger partial charge in [0.2, 0.25) is 0 Å². The Labute approximate surface area is 89.3 Å². The molecule has 0 aliphatic rings. The Morgan fingerprint density at radius 2 is 2.40 bits per heavy atom. The lowest BCUT2D eigenvalue weighted by atomic mass is 10.1. The Bertz CT molecular complexity index is 339. The van der Waals surface area contributed by atoms with Crippen molar-refractivity contribution in [3.8, 4) is 0 Å². The zero-order valence-electron chi connectivity index (χ0n) is 9.03. The lowest BCUT2D eigenvalue weighted by Gasteiger charge is -2.14. The smallest absolute Gasteiger partial charge is 0.326 e. The van der Waals surface area contributed by atoms with Crippen molar-refractivity contribution in [2.75, 3.05) is 5.32 Å². The summed E-state index contributed by atoms with van der Waals surface area (Å²) in [6, 6.07) is 3.16. The molecule has 0 spiro atoms. The number of nitrogens with zero attached hydrogens (tertiary/aromatic N) is 1. The van der Waals surface area contributed by atoms with Crippen molar-refractivity contribution >= 4 is 11.8 Å². The number of aromatic nitrogens is 1. The van der Waals surface area contributed by atoms with Gasteiger partial charge in [0.25, 0.3) is 0 Å². The second-order valence-corrected chi connectivity index (χ2v) is 3.54. The number of aliphatic carboxylic acids is 1. The molecule has 0 aliphatic heterocycles. The summed E-state index contributed by atoms with van der Waals surface area (Å²) in [7, 11) is 0. The molecule has 0 radical (unpaired) electrons. The Kier molecular flexibility index (Phi) is 4.09. The quantitative estimate of drug-likeness (QED) is 0.777. The lowest BCUT2D eigenvalue weighted by Crippen LogP contribution is -2.29. The number of hydrogen-bond donors (Lipinski definition) is 2. The molecule has 0 fully saturated rings. The van der Waals surface area contributed by atoms with Crippen LogP contribution < -0.4 is 5.32 Å². The van der Waals surface area contributed by atoms with E-state index in [1.165, 1.54) is 0 Å². The molecule has 0 saturated carbocycles. The third-order valence-corrected chi connectivity index (χ3v) is 2.11. The van der Waals surface area contributed by atoms with E-state index in [1.807, 2.05) is 26.0 Å². The molecular weight excluding hydrogens is 192 g/mol. The van der Waals surface area contributed by atoms with Crippen LogP contribution >= 0.6 is 0 Å². The van der Waals surface area contributed by atoms with Gasteiger partial charge < -0.3 is 10.4 Å². The van der Waals surface area contributed by atoms with Gasteiger partial charge in [-0.1, -0.05) is 13.3 Å². The maximum absolute atomic E-state index is 10.9.